The van der Waals surface area contributed by atoms with Crippen molar-refractivity contribution < 1.29 is 4.74 Å². The van der Waals surface area contributed by atoms with Crippen LogP contribution in [0.15, 0.2) is 5.38 Å². The maximum atomic E-state index is 5.27. The molecule has 0 unspecified atom stereocenters. The first kappa shape index (κ1) is 10.7. The van der Waals surface area contributed by atoms with Crippen molar-refractivity contribution in [2.45, 2.75) is 33.1 Å². The fraction of sp³-hybridized carbons (Fsp3) is 0.700. The lowest BCUT2D eigenvalue weighted by molar-refractivity contribution is 0.151. The zero-order valence-corrected chi connectivity index (χ0v) is 9.19. The van der Waals surface area contributed by atoms with Crippen LogP contribution >= 0.6 is 11.3 Å². The summed E-state index contributed by atoms with van der Waals surface area (Å²) in [5.74, 6) is 0. The van der Waals surface area contributed by atoms with E-state index in [1.807, 2.05) is 6.92 Å². The molecule has 0 N–H and O–H groups in total. The molecule has 0 saturated carbocycles. The average molecular weight is 199 g/mol. The summed E-state index contributed by atoms with van der Waals surface area (Å²) < 4.78 is 5.27. The number of hydrogen-bond acceptors (Lipinski definition) is 3. The highest BCUT2D eigenvalue weighted by molar-refractivity contribution is 7.09. The molecular formula is C10H17NOS. The summed E-state index contributed by atoms with van der Waals surface area (Å²) in [6, 6.07) is 0. The number of aryl methyl sites for hydroxylation is 1. The van der Waals surface area contributed by atoms with Crippen molar-refractivity contribution in [3.05, 3.63) is 16.1 Å². The highest BCUT2D eigenvalue weighted by atomic mass is 32.1. The van der Waals surface area contributed by atoms with Crippen LogP contribution in [0.5, 0.6) is 0 Å². The Bertz CT molecular complexity index is 235. The third kappa shape index (κ3) is 3.87. The molecule has 0 atom stereocenters. The fourth-order valence-electron chi connectivity index (χ4n) is 1.14. The number of thiazole rings is 1. The Morgan fingerprint density at radius 3 is 2.92 bits per heavy atom. The SMILES string of the molecule is CCCc1csc(CCOCC)n1. The first-order valence-electron chi connectivity index (χ1n) is 4.87. The van der Waals surface area contributed by atoms with Gasteiger partial charge in [0.05, 0.1) is 17.3 Å². The molecule has 0 amide bonds. The van der Waals surface area contributed by atoms with Gasteiger partial charge in [-0.25, -0.2) is 4.98 Å². The molecule has 0 saturated heterocycles. The fourth-order valence-corrected chi connectivity index (χ4v) is 1.95. The van der Waals surface area contributed by atoms with Gasteiger partial charge < -0.3 is 4.74 Å². The predicted molar refractivity (Wildman–Crippen MR) is 56.3 cm³/mol. The molecule has 0 spiro atoms. The Balaban J connectivity index is 2.31. The van der Waals surface area contributed by atoms with Gasteiger partial charge in [-0.1, -0.05) is 13.3 Å². The van der Waals surface area contributed by atoms with Gasteiger partial charge in [0.2, 0.25) is 0 Å². The second kappa shape index (κ2) is 6.11. The maximum absolute atomic E-state index is 5.27. The van der Waals surface area contributed by atoms with Gasteiger partial charge in [0, 0.05) is 18.4 Å². The van der Waals surface area contributed by atoms with Gasteiger partial charge >= 0.3 is 0 Å². The number of rotatable bonds is 6. The Hall–Kier alpha value is -0.410. The summed E-state index contributed by atoms with van der Waals surface area (Å²) in [7, 11) is 0. The minimum atomic E-state index is 0.799. The molecule has 0 radical (unpaired) electrons. The van der Waals surface area contributed by atoms with Gasteiger partial charge in [-0.05, 0) is 13.3 Å². The van der Waals surface area contributed by atoms with Crippen LogP contribution in [0.1, 0.15) is 31.0 Å². The molecule has 0 aromatic carbocycles. The number of aromatic nitrogens is 1. The molecule has 0 aliphatic heterocycles. The Morgan fingerprint density at radius 2 is 2.23 bits per heavy atom. The van der Waals surface area contributed by atoms with Crippen molar-refractivity contribution in [2.24, 2.45) is 0 Å². The first-order valence-corrected chi connectivity index (χ1v) is 5.75. The van der Waals surface area contributed by atoms with Crippen molar-refractivity contribution >= 4 is 11.3 Å². The van der Waals surface area contributed by atoms with Crippen LogP contribution in [0.2, 0.25) is 0 Å². The quantitative estimate of drug-likeness (QED) is 0.657. The standard InChI is InChI=1S/C10H17NOS/c1-3-5-9-8-13-10(11-9)6-7-12-4-2/h8H,3-7H2,1-2H3. The van der Waals surface area contributed by atoms with Crippen molar-refractivity contribution in [3.8, 4) is 0 Å². The number of ether oxygens (including phenoxy) is 1. The van der Waals surface area contributed by atoms with E-state index in [1.54, 1.807) is 11.3 Å². The van der Waals surface area contributed by atoms with Gasteiger partial charge in [-0.3, -0.25) is 0 Å². The summed E-state index contributed by atoms with van der Waals surface area (Å²) in [6.07, 6.45) is 3.24. The lowest BCUT2D eigenvalue weighted by Crippen LogP contribution is -1.97. The number of nitrogens with zero attached hydrogens (tertiary/aromatic N) is 1. The molecule has 74 valence electrons. The molecule has 13 heavy (non-hydrogen) atoms. The Kier molecular flexibility index (Phi) is 5.01. The lowest BCUT2D eigenvalue weighted by Gasteiger charge is -1.96. The molecule has 0 aliphatic carbocycles. The maximum Gasteiger partial charge on any atom is 0.0951 e. The molecular weight excluding hydrogens is 182 g/mol. The van der Waals surface area contributed by atoms with Crippen molar-refractivity contribution in [3.63, 3.8) is 0 Å². The van der Waals surface area contributed by atoms with Crippen molar-refractivity contribution in [1.82, 2.24) is 4.98 Å². The van der Waals surface area contributed by atoms with E-state index >= 15 is 0 Å². The van der Waals surface area contributed by atoms with E-state index in [9.17, 15) is 0 Å². The summed E-state index contributed by atoms with van der Waals surface area (Å²) in [6.45, 7) is 5.80. The van der Waals surface area contributed by atoms with Gasteiger partial charge in [0.1, 0.15) is 0 Å². The van der Waals surface area contributed by atoms with Crippen LogP contribution in [0.25, 0.3) is 0 Å². The molecule has 3 heteroatoms. The molecule has 0 aliphatic rings. The third-order valence-corrected chi connectivity index (χ3v) is 2.73. The van der Waals surface area contributed by atoms with Crippen LogP contribution < -0.4 is 0 Å². The molecule has 1 aromatic rings. The van der Waals surface area contributed by atoms with Crippen LogP contribution in [-0.2, 0) is 17.6 Å². The third-order valence-electron chi connectivity index (χ3n) is 1.77. The first-order chi connectivity index (χ1) is 6.36. The van der Waals surface area contributed by atoms with E-state index in [1.165, 1.54) is 17.1 Å². The van der Waals surface area contributed by atoms with Crippen LogP contribution in [-0.4, -0.2) is 18.2 Å². The van der Waals surface area contributed by atoms with E-state index in [-0.39, 0.29) is 0 Å². The highest BCUT2D eigenvalue weighted by Crippen LogP contribution is 2.11. The van der Waals surface area contributed by atoms with E-state index in [0.717, 1.165) is 26.1 Å². The van der Waals surface area contributed by atoms with Crippen LogP contribution in [0, 0.1) is 0 Å². The zero-order chi connectivity index (χ0) is 9.52. The summed E-state index contributed by atoms with van der Waals surface area (Å²) in [5.41, 5.74) is 1.24. The highest BCUT2D eigenvalue weighted by Gasteiger charge is 2.00. The van der Waals surface area contributed by atoms with Gasteiger partial charge in [-0.2, -0.15) is 0 Å². The molecule has 1 rings (SSSR count). The smallest absolute Gasteiger partial charge is 0.0951 e. The van der Waals surface area contributed by atoms with Gasteiger partial charge in [0.25, 0.3) is 0 Å². The Morgan fingerprint density at radius 1 is 1.38 bits per heavy atom. The molecule has 0 bridgehead atoms. The lowest BCUT2D eigenvalue weighted by atomic mass is 10.3. The van der Waals surface area contributed by atoms with Gasteiger partial charge in [0.15, 0.2) is 0 Å². The second-order valence-electron chi connectivity index (χ2n) is 2.93. The van der Waals surface area contributed by atoms with Gasteiger partial charge in [-0.15, -0.1) is 11.3 Å². The van der Waals surface area contributed by atoms with Crippen LogP contribution in [0.3, 0.4) is 0 Å². The summed E-state index contributed by atoms with van der Waals surface area (Å²) >= 11 is 1.75. The monoisotopic (exact) mass is 199 g/mol. The average Bonchev–Trinajstić information content (AvgIpc) is 2.54. The molecule has 2 nitrogen and oxygen atoms in total. The van der Waals surface area contributed by atoms with E-state index in [0.29, 0.717) is 0 Å². The Labute approximate surface area is 84.0 Å². The molecule has 1 heterocycles. The van der Waals surface area contributed by atoms with E-state index in [2.05, 4.69) is 17.3 Å². The van der Waals surface area contributed by atoms with E-state index in [4.69, 9.17) is 4.74 Å². The summed E-state index contributed by atoms with van der Waals surface area (Å²) in [5, 5.41) is 3.36. The van der Waals surface area contributed by atoms with Crippen molar-refractivity contribution in [2.75, 3.05) is 13.2 Å². The molecule has 1 aromatic heterocycles. The zero-order valence-electron chi connectivity index (χ0n) is 8.38. The number of hydrogen-bond donors (Lipinski definition) is 0. The minimum Gasteiger partial charge on any atom is -0.381 e. The largest absolute Gasteiger partial charge is 0.381 e. The van der Waals surface area contributed by atoms with Crippen LogP contribution in [0.4, 0.5) is 0 Å². The second-order valence-corrected chi connectivity index (χ2v) is 3.87. The molecule has 0 fully saturated rings. The van der Waals surface area contributed by atoms with E-state index < -0.39 is 0 Å². The normalized spacial score (nSPS) is 10.6. The predicted octanol–water partition coefficient (Wildman–Crippen LogP) is 2.67. The topological polar surface area (TPSA) is 22.1 Å². The summed E-state index contributed by atoms with van der Waals surface area (Å²) in [4.78, 5) is 4.51. The minimum absolute atomic E-state index is 0.799. The van der Waals surface area contributed by atoms with Crippen molar-refractivity contribution in [1.29, 1.82) is 0 Å².